The molecule has 1 N–H and O–H groups in total. The Morgan fingerprint density at radius 2 is 2.03 bits per heavy atom. The Labute approximate surface area is 169 Å². The number of carbonyl (C=O) groups is 1. The number of nitrogens with zero attached hydrogens (tertiary/aromatic N) is 4. The third kappa shape index (κ3) is 3.31. The number of hydrogen-bond donors (Lipinski definition) is 1. The van der Waals surface area contributed by atoms with Crippen LogP contribution >= 0.6 is 0 Å². The summed E-state index contributed by atoms with van der Waals surface area (Å²) in [5, 5.41) is 6.87. The van der Waals surface area contributed by atoms with E-state index >= 15 is 0 Å². The predicted molar refractivity (Wildman–Crippen MR) is 112 cm³/mol. The van der Waals surface area contributed by atoms with Crippen LogP contribution in [0.3, 0.4) is 0 Å². The Morgan fingerprint density at radius 1 is 1.17 bits per heavy atom. The quantitative estimate of drug-likeness (QED) is 0.578. The highest BCUT2D eigenvalue weighted by Gasteiger charge is 2.33. The van der Waals surface area contributed by atoms with E-state index in [1.54, 1.807) is 0 Å². The molecule has 6 heteroatoms. The standard InChI is InChI=1S/C23H23N5O/c1-16-9-17(14-28(16)23(29)18-5-3-2-4-6-18)13-27-15-24-21-10-19(7-8-22(21)27)20-11-25-26-12-20/h2-8,10-12,15-17H,9,13-14H2,1H3,(H,25,26)/t16-,17?/m1/s1. The summed E-state index contributed by atoms with van der Waals surface area (Å²) in [6.45, 7) is 3.79. The van der Waals surface area contributed by atoms with Crippen LogP contribution in [0, 0.1) is 5.92 Å². The molecule has 2 atom stereocenters. The number of aromatic nitrogens is 4. The average molecular weight is 385 g/mol. The van der Waals surface area contributed by atoms with Gasteiger partial charge in [-0.1, -0.05) is 24.3 Å². The number of rotatable bonds is 4. The summed E-state index contributed by atoms with van der Waals surface area (Å²) in [6.07, 6.45) is 6.62. The molecule has 6 nitrogen and oxygen atoms in total. The molecule has 146 valence electrons. The predicted octanol–water partition coefficient (Wildman–Crippen LogP) is 3.98. The van der Waals surface area contributed by atoms with Gasteiger partial charge in [0.2, 0.25) is 0 Å². The number of aromatic amines is 1. The monoisotopic (exact) mass is 385 g/mol. The van der Waals surface area contributed by atoms with E-state index in [4.69, 9.17) is 0 Å². The van der Waals surface area contributed by atoms with E-state index in [2.05, 4.69) is 44.9 Å². The molecule has 0 spiro atoms. The normalized spacial score (nSPS) is 19.1. The van der Waals surface area contributed by atoms with Crippen molar-refractivity contribution in [2.24, 2.45) is 5.92 Å². The van der Waals surface area contributed by atoms with Crippen LogP contribution in [0.5, 0.6) is 0 Å². The first-order valence-corrected chi connectivity index (χ1v) is 9.99. The summed E-state index contributed by atoms with van der Waals surface area (Å²) < 4.78 is 2.21. The Bertz CT molecular complexity index is 1130. The molecule has 0 aliphatic carbocycles. The molecule has 0 saturated carbocycles. The zero-order valence-corrected chi connectivity index (χ0v) is 16.3. The minimum absolute atomic E-state index is 0.126. The number of carbonyl (C=O) groups excluding carboxylic acids is 1. The van der Waals surface area contributed by atoms with Crippen LogP contribution in [0.25, 0.3) is 22.2 Å². The Hall–Kier alpha value is -3.41. The van der Waals surface area contributed by atoms with Gasteiger partial charge in [-0.25, -0.2) is 4.98 Å². The number of fused-ring (bicyclic) bond motifs is 1. The van der Waals surface area contributed by atoms with Gasteiger partial charge in [-0.3, -0.25) is 9.89 Å². The summed E-state index contributed by atoms with van der Waals surface area (Å²) in [5.41, 5.74) is 5.02. The number of amides is 1. The zero-order valence-electron chi connectivity index (χ0n) is 16.3. The van der Waals surface area contributed by atoms with Gasteiger partial charge in [0.1, 0.15) is 0 Å². The van der Waals surface area contributed by atoms with Gasteiger partial charge >= 0.3 is 0 Å². The molecule has 0 radical (unpaired) electrons. The number of H-pyrrole nitrogens is 1. The molecule has 2 aromatic heterocycles. The fraction of sp³-hybridized carbons (Fsp3) is 0.261. The first-order valence-electron chi connectivity index (χ1n) is 9.99. The third-order valence-corrected chi connectivity index (χ3v) is 5.85. The molecule has 29 heavy (non-hydrogen) atoms. The first-order chi connectivity index (χ1) is 14.2. The topological polar surface area (TPSA) is 66.8 Å². The molecule has 0 bridgehead atoms. The maximum Gasteiger partial charge on any atom is 0.254 e. The van der Waals surface area contributed by atoms with E-state index < -0.39 is 0 Å². The molecule has 3 heterocycles. The second-order valence-corrected chi connectivity index (χ2v) is 7.86. The SMILES string of the molecule is C[C@@H]1CC(Cn2cnc3cc(-c4cn[nH]c4)ccc32)CN1C(=O)c1ccccc1. The van der Waals surface area contributed by atoms with Crippen LogP contribution in [0.4, 0.5) is 0 Å². The zero-order chi connectivity index (χ0) is 19.8. The van der Waals surface area contributed by atoms with Gasteiger partial charge in [-0.05, 0) is 49.1 Å². The van der Waals surface area contributed by atoms with Crippen molar-refractivity contribution in [1.82, 2.24) is 24.6 Å². The Morgan fingerprint density at radius 3 is 2.83 bits per heavy atom. The van der Waals surface area contributed by atoms with Crippen molar-refractivity contribution in [3.05, 3.63) is 72.8 Å². The summed E-state index contributed by atoms with van der Waals surface area (Å²) in [7, 11) is 0. The minimum atomic E-state index is 0.126. The van der Waals surface area contributed by atoms with Gasteiger partial charge in [0.05, 0.1) is 23.6 Å². The lowest BCUT2D eigenvalue weighted by Gasteiger charge is -2.21. The van der Waals surface area contributed by atoms with Gasteiger partial charge in [0.15, 0.2) is 0 Å². The summed E-state index contributed by atoms with van der Waals surface area (Å²) in [4.78, 5) is 19.5. The van der Waals surface area contributed by atoms with Crippen molar-refractivity contribution in [2.75, 3.05) is 6.54 Å². The molecular weight excluding hydrogens is 362 g/mol. The lowest BCUT2D eigenvalue weighted by atomic mass is 10.1. The maximum absolute atomic E-state index is 12.9. The lowest BCUT2D eigenvalue weighted by Crippen LogP contribution is -2.34. The highest BCUT2D eigenvalue weighted by atomic mass is 16.2. The fourth-order valence-corrected chi connectivity index (χ4v) is 4.38. The van der Waals surface area contributed by atoms with Crippen molar-refractivity contribution in [2.45, 2.75) is 25.9 Å². The molecule has 5 rings (SSSR count). The average Bonchev–Trinajstić information content (AvgIpc) is 3.49. The van der Waals surface area contributed by atoms with E-state index in [1.165, 1.54) is 0 Å². The molecular formula is C23H23N5O. The first kappa shape index (κ1) is 17.7. The van der Waals surface area contributed by atoms with Gasteiger partial charge in [0.25, 0.3) is 5.91 Å². The van der Waals surface area contributed by atoms with E-state index in [9.17, 15) is 4.79 Å². The number of benzene rings is 2. The van der Waals surface area contributed by atoms with Crippen LogP contribution in [-0.2, 0) is 6.54 Å². The van der Waals surface area contributed by atoms with Crippen molar-refractivity contribution in [3.63, 3.8) is 0 Å². The molecule has 1 aliphatic rings. The van der Waals surface area contributed by atoms with Crippen LogP contribution in [0.1, 0.15) is 23.7 Å². The Balaban J connectivity index is 1.33. The largest absolute Gasteiger partial charge is 0.336 e. The highest BCUT2D eigenvalue weighted by molar-refractivity contribution is 5.94. The van der Waals surface area contributed by atoms with Crippen molar-refractivity contribution in [3.8, 4) is 11.1 Å². The van der Waals surface area contributed by atoms with E-state index in [0.29, 0.717) is 5.92 Å². The summed E-state index contributed by atoms with van der Waals surface area (Å²) >= 11 is 0. The number of imidazole rings is 1. The minimum Gasteiger partial charge on any atom is -0.336 e. The molecule has 1 saturated heterocycles. The third-order valence-electron chi connectivity index (χ3n) is 5.85. The summed E-state index contributed by atoms with van der Waals surface area (Å²) in [5.74, 6) is 0.546. The van der Waals surface area contributed by atoms with Gasteiger partial charge in [-0.2, -0.15) is 5.10 Å². The second kappa shape index (κ2) is 7.20. The maximum atomic E-state index is 12.9. The number of likely N-dealkylation sites (tertiary alicyclic amines) is 1. The molecule has 1 aliphatic heterocycles. The summed E-state index contributed by atoms with van der Waals surface area (Å²) in [6, 6.07) is 16.1. The molecule has 1 fully saturated rings. The van der Waals surface area contributed by atoms with Crippen LogP contribution in [0.15, 0.2) is 67.3 Å². The van der Waals surface area contributed by atoms with Gasteiger partial charge < -0.3 is 9.47 Å². The van der Waals surface area contributed by atoms with Crippen molar-refractivity contribution in [1.29, 1.82) is 0 Å². The van der Waals surface area contributed by atoms with E-state index in [-0.39, 0.29) is 11.9 Å². The fourth-order valence-electron chi connectivity index (χ4n) is 4.38. The molecule has 2 aromatic carbocycles. The molecule has 1 amide bonds. The second-order valence-electron chi connectivity index (χ2n) is 7.86. The molecule has 4 aromatic rings. The number of hydrogen-bond acceptors (Lipinski definition) is 3. The van der Waals surface area contributed by atoms with Crippen molar-refractivity contribution >= 4 is 16.9 Å². The van der Waals surface area contributed by atoms with E-state index in [1.807, 2.05) is 54.0 Å². The van der Waals surface area contributed by atoms with Crippen molar-refractivity contribution < 1.29 is 4.79 Å². The van der Waals surface area contributed by atoms with Crippen LogP contribution in [0.2, 0.25) is 0 Å². The van der Waals surface area contributed by atoms with E-state index in [0.717, 1.165) is 47.2 Å². The van der Waals surface area contributed by atoms with Crippen LogP contribution in [-0.4, -0.2) is 43.1 Å². The lowest BCUT2D eigenvalue weighted by molar-refractivity contribution is 0.0742. The Kier molecular flexibility index (Phi) is 4.39. The number of nitrogens with one attached hydrogen (secondary N) is 1. The van der Waals surface area contributed by atoms with Gasteiger partial charge in [0, 0.05) is 36.5 Å². The molecule has 1 unspecified atom stereocenters. The highest BCUT2D eigenvalue weighted by Crippen LogP contribution is 2.28. The van der Waals surface area contributed by atoms with Gasteiger partial charge in [-0.15, -0.1) is 0 Å². The van der Waals surface area contributed by atoms with Crippen LogP contribution < -0.4 is 0 Å². The smallest absolute Gasteiger partial charge is 0.254 e.